The van der Waals surface area contributed by atoms with Crippen molar-refractivity contribution in [2.24, 2.45) is 0 Å². The predicted octanol–water partition coefficient (Wildman–Crippen LogP) is 2.20. The molecule has 0 aliphatic heterocycles. The SMILES string of the molecule is C=C=[N+]=CCCCC(=O)Nc1ccnc(C(F)(F)F)c1. The first-order valence-corrected chi connectivity index (χ1v) is 5.80. The van der Waals surface area contributed by atoms with E-state index in [1.165, 1.54) is 6.07 Å². The van der Waals surface area contributed by atoms with Crippen LogP contribution in [0.1, 0.15) is 25.0 Å². The molecule has 1 rings (SSSR count). The van der Waals surface area contributed by atoms with Gasteiger partial charge in [0.25, 0.3) is 6.21 Å². The van der Waals surface area contributed by atoms with Gasteiger partial charge in [0, 0.05) is 31.3 Å². The lowest BCUT2D eigenvalue weighted by Crippen LogP contribution is -2.13. The highest BCUT2D eigenvalue weighted by atomic mass is 19.4. The number of carbonyl (C=O) groups is 1. The number of nitrogens with zero attached hydrogens (tertiary/aromatic N) is 2. The number of unbranched alkanes of at least 4 members (excludes halogenated alkanes) is 1. The minimum absolute atomic E-state index is 0.0745. The molecule has 0 saturated heterocycles. The number of hydrogen-bond acceptors (Lipinski definition) is 2. The van der Waals surface area contributed by atoms with Gasteiger partial charge in [-0.15, -0.1) is 0 Å². The van der Waals surface area contributed by atoms with E-state index in [0.29, 0.717) is 12.8 Å². The van der Waals surface area contributed by atoms with Gasteiger partial charge >= 0.3 is 12.0 Å². The summed E-state index contributed by atoms with van der Waals surface area (Å²) in [5, 5.41) is 2.39. The standard InChI is InChI=1S/C13H12F3N3O/c1-2-17-7-4-3-5-12(20)19-10-6-8-18-11(9-10)13(14,15)16/h6-9H,1,3-5H2/p+1. The van der Waals surface area contributed by atoms with Crippen LogP contribution < -0.4 is 9.98 Å². The Labute approximate surface area is 113 Å². The molecule has 0 atom stereocenters. The van der Waals surface area contributed by atoms with E-state index < -0.39 is 11.9 Å². The molecule has 0 radical (unpaired) electrons. The van der Waals surface area contributed by atoms with Gasteiger partial charge in [-0.25, -0.2) is 0 Å². The molecule has 0 bridgehead atoms. The molecule has 7 heteroatoms. The summed E-state index contributed by atoms with van der Waals surface area (Å²) in [4.78, 5) is 14.7. The average Bonchev–Trinajstić information content (AvgIpc) is 2.38. The molecule has 0 aliphatic carbocycles. The summed E-state index contributed by atoms with van der Waals surface area (Å²) >= 11 is 0. The van der Waals surface area contributed by atoms with Gasteiger partial charge in [0.2, 0.25) is 5.91 Å². The Morgan fingerprint density at radius 2 is 2.30 bits per heavy atom. The Morgan fingerprint density at radius 1 is 1.55 bits per heavy atom. The summed E-state index contributed by atoms with van der Waals surface area (Å²) in [6.45, 7) is 3.28. The van der Waals surface area contributed by atoms with Crippen molar-refractivity contribution in [2.75, 3.05) is 5.32 Å². The molecule has 1 heterocycles. The first-order chi connectivity index (χ1) is 9.43. The van der Waals surface area contributed by atoms with Crippen molar-refractivity contribution in [3.05, 3.63) is 30.6 Å². The zero-order valence-corrected chi connectivity index (χ0v) is 10.6. The number of aromatic nitrogens is 1. The highest BCUT2D eigenvalue weighted by molar-refractivity contribution is 5.90. The van der Waals surface area contributed by atoms with Crippen LogP contribution in [0.25, 0.3) is 0 Å². The van der Waals surface area contributed by atoms with Crippen LogP contribution in [-0.4, -0.2) is 23.0 Å². The molecule has 20 heavy (non-hydrogen) atoms. The smallest absolute Gasteiger partial charge is 0.326 e. The maximum Gasteiger partial charge on any atom is 0.433 e. The van der Waals surface area contributed by atoms with Crippen molar-refractivity contribution in [3.63, 3.8) is 0 Å². The highest BCUT2D eigenvalue weighted by Gasteiger charge is 2.32. The van der Waals surface area contributed by atoms with E-state index in [4.69, 9.17) is 0 Å². The van der Waals surface area contributed by atoms with Crippen LogP contribution in [0.3, 0.4) is 0 Å². The molecule has 0 fully saturated rings. The van der Waals surface area contributed by atoms with Crippen LogP contribution >= 0.6 is 0 Å². The van der Waals surface area contributed by atoms with Gasteiger partial charge in [-0.1, -0.05) is 0 Å². The summed E-state index contributed by atoms with van der Waals surface area (Å²) in [6.07, 6.45) is -0.668. The van der Waals surface area contributed by atoms with Gasteiger partial charge in [0.1, 0.15) is 5.69 Å². The van der Waals surface area contributed by atoms with E-state index in [1.807, 2.05) is 0 Å². The predicted molar refractivity (Wildman–Crippen MR) is 70.6 cm³/mol. The Morgan fingerprint density at radius 3 is 2.95 bits per heavy atom. The van der Waals surface area contributed by atoms with Crippen molar-refractivity contribution in [1.29, 1.82) is 0 Å². The van der Waals surface area contributed by atoms with Crippen LogP contribution in [-0.2, 0) is 11.0 Å². The molecule has 0 unspecified atom stereocenters. The molecule has 0 aromatic carbocycles. The summed E-state index contributed by atoms with van der Waals surface area (Å²) in [5.41, 5.74) is -0.964. The molecular weight excluding hydrogens is 271 g/mol. The number of pyridine rings is 1. The lowest BCUT2D eigenvalue weighted by molar-refractivity contribution is -0.141. The molecule has 1 amide bonds. The zero-order chi connectivity index (χ0) is 15.0. The van der Waals surface area contributed by atoms with Crippen molar-refractivity contribution >= 4 is 23.7 Å². The van der Waals surface area contributed by atoms with Gasteiger partial charge in [-0.2, -0.15) is 13.2 Å². The van der Waals surface area contributed by atoms with E-state index in [1.54, 1.807) is 6.21 Å². The number of hydrogen-bond donors (Lipinski definition) is 1. The molecule has 0 aliphatic rings. The number of halogens is 3. The first kappa shape index (κ1) is 15.7. The molecular formula is C13H13F3N3O+. The summed E-state index contributed by atoms with van der Waals surface area (Å²) < 4.78 is 40.9. The summed E-state index contributed by atoms with van der Waals surface area (Å²) in [5.74, 6) is 1.96. The third-order valence-corrected chi connectivity index (χ3v) is 2.25. The molecule has 106 valence electrons. The van der Waals surface area contributed by atoms with Crippen molar-refractivity contribution in [3.8, 4) is 0 Å². The topological polar surface area (TPSA) is 56.1 Å². The number of amides is 1. The van der Waals surface area contributed by atoms with Crippen LogP contribution in [0.2, 0.25) is 0 Å². The van der Waals surface area contributed by atoms with Crippen LogP contribution in [0.15, 0.2) is 24.9 Å². The van der Waals surface area contributed by atoms with Crippen molar-refractivity contribution < 1.29 is 18.0 Å². The first-order valence-electron chi connectivity index (χ1n) is 5.80. The lowest BCUT2D eigenvalue weighted by Gasteiger charge is -2.08. The number of anilines is 1. The Kier molecular flexibility index (Phi) is 5.72. The van der Waals surface area contributed by atoms with Crippen LogP contribution in [0.4, 0.5) is 18.9 Å². The molecule has 0 saturated carbocycles. The van der Waals surface area contributed by atoms with Crippen LogP contribution in [0.5, 0.6) is 0 Å². The molecule has 4 nitrogen and oxygen atoms in total. The maximum atomic E-state index is 12.4. The minimum Gasteiger partial charge on any atom is -0.326 e. The number of carbonyl (C=O) groups excluding carboxylic acids is 1. The number of rotatable bonds is 5. The number of alkyl halides is 3. The van der Waals surface area contributed by atoms with E-state index in [2.05, 4.69) is 27.4 Å². The van der Waals surface area contributed by atoms with Gasteiger partial charge in [0.05, 0.1) is 0 Å². The Bertz CT molecular complexity index is 556. The lowest BCUT2D eigenvalue weighted by atomic mass is 10.2. The van der Waals surface area contributed by atoms with Crippen molar-refractivity contribution in [2.45, 2.75) is 25.4 Å². The van der Waals surface area contributed by atoms with Gasteiger partial charge < -0.3 is 5.32 Å². The Hall–Kier alpha value is -2.36. The molecule has 1 aromatic rings. The van der Waals surface area contributed by atoms with Gasteiger partial charge in [-0.3, -0.25) is 9.78 Å². The van der Waals surface area contributed by atoms with Gasteiger partial charge in [0.15, 0.2) is 0 Å². The summed E-state index contributed by atoms with van der Waals surface area (Å²) in [7, 11) is 0. The van der Waals surface area contributed by atoms with Crippen molar-refractivity contribution in [1.82, 2.24) is 9.65 Å². The second-order valence-electron chi connectivity index (χ2n) is 3.84. The normalized spacial score (nSPS) is 10.3. The quantitative estimate of drug-likeness (QED) is 0.512. The highest BCUT2D eigenvalue weighted by Crippen LogP contribution is 2.28. The largest absolute Gasteiger partial charge is 0.433 e. The average molecular weight is 284 g/mol. The number of nitrogens with one attached hydrogen (secondary N) is 1. The second kappa shape index (κ2) is 7.28. The molecule has 1 N–H and O–H groups in total. The van der Waals surface area contributed by atoms with E-state index in [-0.39, 0.29) is 18.0 Å². The maximum absolute atomic E-state index is 12.4. The van der Waals surface area contributed by atoms with E-state index in [9.17, 15) is 18.0 Å². The zero-order valence-electron chi connectivity index (χ0n) is 10.6. The van der Waals surface area contributed by atoms with E-state index in [0.717, 1.165) is 12.3 Å². The third-order valence-electron chi connectivity index (χ3n) is 2.25. The fraction of sp³-hybridized carbons (Fsp3) is 0.308. The monoisotopic (exact) mass is 284 g/mol. The minimum atomic E-state index is -4.53. The molecule has 0 spiro atoms. The second-order valence-corrected chi connectivity index (χ2v) is 3.84. The molecule has 1 aromatic heterocycles. The van der Waals surface area contributed by atoms with E-state index >= 15 is 0 Å². The van der Waals surface area contributed by atoms with Crippen LogP contribution in [0, 0.1) is 0 Å². The fourth-order valence-electron chi connectivity index (χ4n) is 1.37. The Balaban J connectivity index is 2.54. The van der Waals surface area contributed by atoms with Gasteiger partial charge in [-0.05, 0) is 23.2 Å². The third kappa shape index (κ3) is 5.52. The fourth-order valence-corrected chi connectivity index (χ4v) is 1.37. The summed E-state index contributed by atoms with van der Waals surface area (Å²) in [6, 6.07) is 2.10.